The van der Waals surface area contributed by atoms with Gasteiger partial charge in [0.2, 0.25) is 5.95 Å². The van der Waals surface area contributed by atoms with E-state index < -0.39 is 15.7 Å². The lowest BCUT2D eigenvalue weighted by Crippen LogP contribution is -2.07. The molecule has 0 atom stereocenters. The summed E-state index contributed by atoms with van der Waals surface area (Å²) in [4.78, 5) is 12.9. The zero-order valence-corrected chi connectivity index (χ0v) is 19.3. The third-order valence-electron chi connectivity index (χ3n) is 5.08. The van der Waals surface area contributed by atoms with Crippen LogP contribution in [0.2, 0.25) is 0 Å². The van der Waals surface area contributed by atoms with E-state index in [4.69, 9.17) is 11.5 Å². The van der Waals surface area contributed by atoms with Crippen LogP contribution in [0.15, 0.2) is 35.4 Å². The maximum absolute atomic E-state index is 14.5. The van der Waals surface area contributed by atoms with E-state index in [0.717, 1.165) is 17.9 Å². The lowest BCUT2D eigenvalue weighted by molar-refractivity contribution is 0.548. The van der Waals surface area contributed by atoms with Gasteiger partial charge in [0.05, 0.1) is 16.0 Å². The predicted molar refractivity (Wildman–Crippen MR) is 125 cm³/mol. The highest BCUT2D eigenvalue weighted by molar-refractivity contribution is 7.90. The van der Waals surface area contributed by atoms with Crippen LogP contribution in [-0.2, 0) is 9.84 Å². The van der Waals surface area contributed by atoms with E-state index in [1.165, 1.54) is 12.1 Å². The number of hydrogen-bond acceptors (Lipinski definition) is 9. The first-order chi connectivity index (χ1) is 15.5. The van der Waals surface area contributed by atoms with Crippen molar-refractivity contribution in [3.63, 3.8) is 0 Å². The van der Waals surface area contributed by atoms with Crippen LogP contribution in [0.4, 0.5) is 27.7 Å². The fourth-order valence-electron chi connectivity index (χ4n) is 3.35. The first-order valence-corrected chi connectivity index (χ1v) is 11.9. The lowest BCUT2D eigenvalue weighted by atomic mass is 10.1. The van der Waals surface area contributed by atoms with E-state index in [2.05, 4.69) is 25.4 Å². The second-order valence-corrected chi connectivity index (χ2v) is 10.00. The molecule has 3 heterocycles. The van der Waals surface area contributed by atoms with Gasteiger partial charge in [-0.2, -0.15) is 15.1 Å². The molecule has 0 aliphatic heterocycles. The molecule has 0 saturated heterocycles. The highest BCUT2D eigenvalue weighted by Gasteiger charge is 2.21. The molecule has 1 aromatic carbocycles. The molecular formula is C21H23FN8O2S. The molecule has 0 bridgehead atoms. The Hall–Kier alpha value is -3.80. The average molecular weight is 471 g/mol. The van der Waals surface area contributed by atoms with E-state index in [1.807, 2.05) is 26.8 Å². The Morgan fingerprint density at radius 3 is 2.45 bits per heavy atom. The first kappa shape index (κ1) is 22.4. The molecule has 172 valence electrons. The zero-order valence-electron chi connectivity index (χ0n) is 18.5. The van der Waals surface area contributed by atoms with Crippen LogP contribution in [-0.4, -0.2) is 39.4 Å². The molecule has 0 fully saturated rings. The monoisotopic (exact) mass is 470 g/mol. The summed E-state index contributed by atoms with van der Waals surface area (Å²) >= 11 is 0. The topological polar surface area (TPSA) is 155 Å². The maximum atomic E-state index is 14.5. The third kappa shape index (κ3) is 4.16. The van der Waals surface area contributed by atoms with Crippen molar-refractivity contribution >= 4 is 44.1 Å². The number of nitrogen functional groups attached to an aromatic ring is 2. The van der Waals surface area contributed by atoms with Crippen molar-refractivity contribution in [2.24, 2.45) is 0 Å². The number of nitrogens with one attached hydrogen (secondary N) is 1. The normalized spacial score (nSPS) is 11.9. The summed E-state index contributed by atoms with van der Waals surface area (Å²) in [7, 11) is -3.54. The largest absolute Gasteiger partial charge is 0.383 e. The van der Waals surface area contributed by atoms with Crippen LogP contribution in [0.3, 0.4) is 0 Å². The molecule has 0 amide bonds. The molecule has 4 rings (SSSR count). The summed E-state index contributed by atoms with van der Waals surface area (Å²) in [5.74, 6) is -0.148. The number of anilines is 4. The second kappa shape index (κ2) is 7.96. The summed E-state index contributed by atoms with van der Waals surface area (Å²) in [5.41, 5.74) is 14.7. The average Bonchev–Trinajstić information content (AvgIpc) is 3.11. The number of sulfone groups is 1. The SMILES string of the molecule is Cc1cc(-c2nn(C(C)C)c3nc(Nc4ccc(S(C)(=O)=O)cc4F)nc(N)c23)cnc1N. The third-order valence-corrected chi connectivity index (χ3v) is 6.19. The van der Waals surface area contributed by atoms with Gasteiger partial charge >= 0.3 is 0 Å². The van der Waals surface area contributed by atoms with Gasteiger partial charge in [-0.3, -0.25) is 0 Å². The van der Waals surface area contributed by atoms with E-state index in [0.29, 0.717) is 28.1 Å². The number of halogens is 1. The van der Waals surface area contributed by atoms with Gasteiger partial charge in [0.1, 0.15) is 23.1 Å². The minimum atomic E-state index is -3.54. The van der Waals surface area contributed by atoms with Crippen LogP contribution in [0, 0.1) is 12.7 Å². The van der Waals surface area contributed by atoms with Crippen molar-refractivity contribution in [2.75, 3.05) is 23.0 Å². The summed E-state index contributed by atoms with van der Waals surface area (Å²) < 4.78 is 39.5. The zero-order chi connectivity index (χ0) is 24.1. The summed E-state index contributed by atoms with van der Waals surface area (Å²) in [5, 5.41) is 7.99. The predicted octanol–water partition coefficient (Wildman–Crippen LogP) is 3.23. The smallest absolute Gasteiger partial charge is 0.231 e. The Morgan fingerprint density at radius 2 is 1.85 bits per heavy atom. The number of fused-ring (bicyclic) bond motifs is 1. The number of hydrogen-bond donors (Lipinski definition) is 3. The van der Waals surface area contributed by atoms with Crippen molar-refractivity contribution < 1.29 is 12.8 Å². The van der Waals surface area contributed by atoms with E-state index in [-0.39, 0.29) is 28.4 Å². The van der Waals surface area contributed by atoms with Gasteiger partial charge in [-0.1, -0.05) is 0 Å². The van der Waals surface area contributed by atoms with Gasteiger partial charge in [-0.15, -0.1) is 0 Å². The Balaban J connectivity index is 1.83. The Morgan fingerprint density at radius 1 is 1.12 bits per heavy atom. The molecule has 3 aromatic heterocycles. The van der Waals surface area contributed by atoms with Crippen molar-refractivity contribution in [1.29, 1.82) is 0 Å². The van der Waals surface area contributed by atoms with Crippen LogP contribution in [0.1, 0.15) is 25.5 Å². The van der Waals surface area contributed by atoms with Crippen molar-refractivity contribution in [3.8, 4) is 11.3 Å². The quantitative estimate of drug-likeness (QED) is 0.398. The minimum absolute atomic E-state index is 0.00958. The van der Waals surface area contributed by atoms with Gasteiger partial charge in [-0.05, 0) is 50.6 Å². The summed E-state index contributed by atoms with van der Waals surface area (Å²) in [6, 6.07) is 5.35. The van der Waals surface area contributed by atoms with Gasteiger partial charge in [0.25, 0.3) is 0 Å². The number of nitrogens with two attached hydrogens (primary N) is 2. The van der Waals surface area contributed by atoms with E-state index in [9.17, 15) is 12.8 Å². The molecule has 33 heavy (non-hydrogen) atoms. The van der Waals surface area contributed by atoms with Crippen LogP contribution < -0.4 is 16.8 Å². The fourth-order valence-corrected chi connectivity index (χ4v) is 3.98. The van der Waals surface area contributed by atoms with Crippen LogP contribution in [0.25, 0.3) is 22.3 Å². The molecule has 0 spiro atoms. The standard InChI is InChI=1S/C21H23FN8O2S/c1-10(2)30-20-16(17(29-30)12-7-11(3)18(23)25-9-12)19(24)27-21(28-20)26-15-6-5-13(8-14(15)22)33(4,31)32/h5-10H,1-4H3,(H2,23,25)(H3,24,26,27,28). The van der Waals surface area contributed by atoms with Crippen LogP contribution >= 0.6 is 0 Å². The fraction of sp³-hybridized carbons (Fsp3) is 0.238. The number of pyridine rings is 1. The number of aryl methyl sites for hydroxylation is 1. The Kier molecular flexibility index (Phi) is 5.40. The molecule has 12 heteroatoms. The molecular weight excluding hydrogens is 447 g/mol. The van der Waals surface area contributed by atoms with Crippen molar-refractivity contribution in [1.82, 2.24) is 24.7 Å². The van der Waals surface area contributed by atoms with Gasteiger partial charge in [-0.25, -0.2) is 22.5 Å². The van der Waals surface area contributed by atoms with Crippen molar-refractivity contribution in [3.05, 3.63) is 41.8 Å². The summed E-state index contributed by atoms with van der Waals surface area (Å²) in [6.45, 7) is 5.73. The molecule has 0 radical (unpaired) electrons. The van der Waals surface area contributed by atoms with Gasteiger partial charge < -0.3 is 16.8 Å². The van der Waals surface area contributed by atoms with Gasteiger partial charge in [0.15, 0.2) is 15.5 Å². The highest BCUT2D eigenvalue weighted by atomic mass is 32.2. The molecule has 4 aromatic rings. The molecule has 0 aliphatic rings. The first-order valence-electron chi connectivity index (χ1n) is 10.0. The number of aromatic nitrogens is 5. The number of rotatable bonds is 5. The summed E-state index contributed by atoms with van der Waals surface area (Å²) in [6.07, 6.45) is 2.62. The minimum Gasteiger partial charge on any atom is -0.383 e. The second-order valence-electron chi connectivity index (χ2n) is 7.98. The number of benzene rings is 1. The Bertz CT molecular complexity index is 1500. The maximum Gasteiger partial charge on any atom is 0.231 e. The number of nitrogens with zero attached hydrogens (tertiary/aromatic N) is 5. The van der Waals surface area contributed by atoms with E-state index >= 15 is 0 Å². The molecule has 0 aliphatic carbocycles. The molecule has 0 saturated carbocycles. The van der Waals surface area contributed by atoms with E-state index in [1.54, 1.807) is 10.9 Å². The molecule has 10 nitrogen and oxygen atoms in total. The van der Waals surface area contributed by atoms with Crippen LogP contribution in [0.5, 0.6) is 0 Å². The van der Waals surface area contributed by atoms with Gasteiger partial charge in [0, 0.05) is 24.1 Å². The highest BCUT2D eigenvalue weighted by Crippen LogP contribution is 2.34. The molecule has 5 N–H and O–H groups in total. The van der Waals surface area contributed by atoms with Crippen molar-refractivity contribution in [2.45, 2.75) is 31.7 Å². The Labute approximate surface area is 189 Å². The molecule has 0 unspecified atom stereocenters. The lowest BCUT2D eigenvalue weighted by Gasteiger charge is -2.10.